The zero-order valence-electron chi connectivity index (χ0n) is 21.9. The number of carbonyl (C=O) groups excluding carboxylic acids is 2. The lowest BCUT2D eigenvalue weighted by Gasteiger charge is -2.34. The van der Waals surface area contributed by atoms with Gasteiger partial charge < -0.3 is 10.2 Å². The van der Waals surface area contributed by atoms with Crippen molar-refractivity contribution < 1.29 is 22.4 Å². The van der Waals surface area contributed by atoms with Gasteiger partial charge in [0.15, 0.2) is 0 Å². The molecule has 0 aromatic heterocycles. The van der Waals surface area contributed by atoms with E-state index in [2.05, 4.69) is 5.32 Å². The monoisotopic (exact) mass is 520 g/mol. The van der Waals surface area contributed by atoms with Crippen LogP contribution in [0.2, 0.25) is 0 Å². The molecule has 36 heavy (non-hydrogen) atoms. The third-order valence-corrected chi connectivity index (χ3v) is 7.94. The zero-order valence-corrected chi connectivity index (χ0v) is 22.7. The molecule has 1 N–H and O–H groups in total. The average molecular weight is 521 g/mol. The highest BCUT2D eigenvalue weighted by Gasteiger charge is 2.34. The molecule has 10 heteroatoms. The van der Waals surface area contributed by atoms with Crippen LogP contribution in [0.5, 0.6) is 0 Å². The molecule has 198 valence electrons. The Labute approximate surface area is 214 Å². The molecule has 0 saturated carbocycles. The first-order valence-corrected chi connectivity index (χ1v) is 13.4. The number of anilines is 1. The Morgan fingerprint density at radius 1 is 1.00 bits per heavy atom. The summed E-state index contributed by atoms with van der Waals surface area (Å²) in [5.74, 6) is -1.36. The lowest BCUT2D eigenvalue weighted by molar-refractivity contribution is -0.140. The standard InChI is InChI=1S/C26H37FN4O4S/c1-7-20(4)28-26(33)24(8-2)30(17-21-12-10-9-11-19(21)3)25(32)18-31(36(34,35)29(5)6)23-15-13-22(27)14-16-23/h9-16,20,24H,7-8,17-18H2,1-6H3,(H,28,33). The predicted octanol–water partition coefficient (Wildman–Crippen LogP) is 3.47. The third kappa shape index (κ3) is 7.27. The number of nitrogens with zero attached hydrogens (tertiary/aromatic N) is 3. The number of hydrogen-bond acceptors (Lipinski definition) is 4. The summed E-state index contributed by atoms with van der Waals surface area (Å²) < 4.78 is 41.8. The molecule has 0 aliphatic rings. The van der Waals surface area contributed by atoms with Gasteiger partial charge in [-0.05, 0) is 62.1 Å². The molecular formula is C26H37FN4O4S. The maximum Gasteiger partial charge on any atom is 0.304 e. The Morgan fingerprint density at radius 2 is 1.61 bits per heavy atom. The Balaban J connectivity index is 2.51. The van der Waals surface area contributed by atoms with Crippen LogP contribution in [0.3, 0.4) is 0 Å². The van der Waals surface area contributed by atoms with Gasteiger partial charge in [-0.3, -0.25) is 9.59 Å². The van der Waals surface area contributed by atoms with Gasteiger partial charge in [0.2, 0.25) is 11.8 Å². The van der Waals surface area contributed by atoms with E-state index >= 15 is 0 Å². The summed E-state index contributed by atoms with van der Waals surface area (Å²) in [6.45, 7) is 7.15. The van der Waals surface area contributed by atoms with Crippen molar-refractivity contribution in [2.45, 2.75) is 59.2 Å². The Bertz CT molecular complexity index is 1140. The van der Waals surface area contributed by atoms with E-state index in [4.69, 9.17) is 0 Å². The third-order valence-electron chi connectivity index (χ3n) is 6.12. The minimum Gasteiger partial charge on any atom is -0.352 e. The smallest absolute Gasteiger partial charge is 0.304 e. The van der Waals surface area contributed by atoms with Crippen LogP contribution in [0, 0.1) is 12.7 Å². The van der Waals surface area contributed by atoms with E-state index in [1.165, 1.54) is 31.1 Å². The van der Waals surface area contributed by atoms with E-state index in [0.717, 1.165) is 38.3 Å². The largest absolute Gasteiger partial charge is 0.352 e. The number of amides is 2. The minimum atomic E-state index is -4.09. The van der Waals surface area contributed by atoms with Crippen molar-refractivity contribution >= 4 is 27.7 Å². The first kappa shape index (κ1) is 29.3. The quantitative estimate of drug-likeness (QED) is 0.464. The van der Waals surface area contributed by atoms with E-state index < -0.39 is 34.5 Å². The van der Waals surface area contributed by atoms with Crippen LogP contribution in [0.4, 0.5) is 10.1 Å². The van der Waals surface area contributed by atoms with Crippen LogP contribution in [-0.4, -0.2) is 62.2 Å². The van der Waals surface area contributed by atoms with Crippen molar-refractivity contribution in [1.29, 1.82) is 0 Å². The van der Waals surface area contributed by atoms with Crippen LogP contribution in [0.25, 0.3) is 0 Å². The molecular weight excluding hydrogens is 483 g/mol. The van der Waals surface area contributed by atoms with Crippen LogP contribution in [0.15, 0.2) is 48.5 Å². The number of benzene rings is 2. The molecule has 2 aromatic rings. The fourth-order valence-electron chi connectivity index (χ4n) is 3.66. The van der Waals surface area contributed by atoms with Gasteiger partial charge in [-0.25, -0.2) is 8.70 Å². The van der Waals surface area contributed by atoms with Crippen molar-refractivity contribution in [3.05, 3.63) is 65.5 Å². The fourth-order valence-corrected chi connectivity index (χ4v) is 4.71. The van der Waals surface area contributed by atoms with E-state index in [0.29, 0.717) is 6.42 Å². The molecule has 0 saturated heterocycles. The van der Waals surface area contributed by atoms with Gasteiger partial charge in [0.05, 0.1) is 5.69 Å². The van der Waals surface area contributed by atoms with Gasteiger partial charge in [-0.2, -0.15) is 12.7 Å². The highest BCUT2D eigenvalue weighted by atomic mass is 32.2. The second-order valence-corrected chi connectivity index (χ2v) is 11.0. The molecule has 8 nitrogen and oxygen atoms in total. The SMILES string of the molecule is CCC(C)NC(=O)C(CC)N(Cc1ccccc1C)C(=O)CN(c1ccc(F)cc1)S(=O)(=O)N(C)C. The summed E-state index contributed by atoms with van der Waals surface area (Å²) in [4.78, 5) is 28.4. The molecule has 0 aliphatic heterocycles. The number of carbonyl (C=O) groups is 2. The lowest BCUT2D eigenvalue weighted by Crippen LogP contribution is -2.54. The molecule has 0 spiro atoms. The lowest BCUT2D eigenvalue weighted by atomic mass is 10.1. The molecule has 2 rings (SSSR count). The zero-order chi connectivity index (χ0) is 27.0. The van der Waals surface area contributed by atoms with Crippen molar-refractivity contribution in [2.24, 2.45) is 0 Å². The molecule has 2 amide bonds. The second-order valence-electron chi connectivity index (χ2n) is 8.96. The average Bonchev–Trinajstić information content (AvgIpc) is 2.83. The number of nitrogens with one attached hydrogen (secondary N) is 1. The van der Waals surface area contributed by atoms with Crippen molar-refractivity contribution in [3.63, 3.8) is 0 Å². The number of rotatable bonds is 12. The van der Waals surface area contributed by atoms with E-state index in [1.54, 1.807) is 0 Å². The maximum absolute atomic E-state index is 13.8. The molecule has 0 heterocycles. The maximum atomic E-state index is 13.8. The van der Waals surface area contributed by atoms with Crippen molar-refractivity contribution in [1.82, 2.24) is 14.5 Å². The summed E-state index contributed by atoms with van der Waals surface area (Å²) in [6, 6.07) is 11.5. The van der Waals surface area contributed by atoms with Crippen LogP contribution in [-0.2, 0) is 26.3 Å². The van der Waals surface area contributed by atoms with Crippen LogP contribution in [0.1, 0.15) is 44.7 Å². The number of aryl methyl sites for hydroxylation is 1. The second kappa shape index (κ2) is 12.8. The molecule has 2 aromatic carbocycles. The highest BCUT2D eigenvalue weighted by Crippen LogP contribution is 2.22. The Morgan fingerprint density at radius 3 is 2.14 bits per heavy atom. The van der Waals surface area contributed by atoms with Gasteiger partial charge in [-0.1, -0.05) is 38.1 Å². The van der Waals surface area contributed by atoms with Crippen LogP contribution < -0.4 is 9.62 Å². The molecule has 0 bridgehead atoms. The topological polar surface area (TPSA) is 90.0 Å². The normalized spacial score (nSPS) is 13.2. The summed E-state index contributed by atoms with van der Waals surface area (Å²) >= 11 is 0. The van der Waals surface area contributed by atoms with Gasteiger partial charge in [0.1, 0.15) is 18.4 Å². The van der Waals surface area contributed by atoms with Gasteiger partial charge >= 0.3 is 10.2 Å². The van der Waals surface area contributed by atoms with Crippen LogP contribution >= 0.6 is 0 Å². The van der Waals surface area contributed by atoms with Gasteiger partial charge in [-0.15, -0.1) is 0 Å². The van der Waals surface area contributed by atoms with Crippen molar-refractivity contribution in [3.8, 4) is 0 Å². The molecule has 0 aliphatic carbocycles. The van der Waals surface area contributed by atoms with E-state index in [1.807, 2.05) is 52.0 Å². The number of hydrogen-bond donors (Lipinski definition) is 1. The highest BCUT2D eigenvalue weighted by molar-refractivity contribution is 7.90. The molecule has 0 radical (unpaired) electrons. The summed E-state index contributed by atoms with van der Waals surface area (Å²) in [5.41, 5.74) is 1.94. The molecule has 2 atom stereocenters. The predicted molar refractivity (Wildman–Crippen MR) is 140 cm³/mol. The Kier molecular flexibility index (Phi) is 10.4. The summed E-state index contributed by atoms with van der Waals surface area (Å²) in [6.07, 6.45) is 1.07. The fraction of sp³-hybridized carbons (Fsp3) is 0.462. The number of halogens is 1. The molecule has 0 fully saturated rings. The summed E-state index contributed by atoms with van der Waals surface area (Å²) in [7, 11) is -1.38. The van der Waals surface area contributed by atoms with Gasteiger partial charge in [0, 0.05) is 26.7 Å². The van der Waals surface area contributed by atoms with E-state index in [9.17, 15) is 22.4 Å². The van der Waals surface area contributed by atoms with E-state index in [-0.39, 0.29) is 24.2 Å². The van der Waals surface area contributed by atoms with Gasteiger partial charge in [0.25, 0.3) is 0 Å². The first-order valence-electron chi connectivity index (χ1n) is 12.0. The first-order chi connectivity index (χ1) is 16.9. The Hall–Kier alpha value is -2.98. The minimum absolute atomic E-state index is 0.0770. The van der Waals surface area contributed by atoms with Crippen molar-refractivity contribution in [2.75, 3.05) is 24.9 Å². The summed E-state index contributed by atoms with van der Waals surface area (Å²) in [5, 5.41) is 2.94. The molecule has 2 unspecified atom stereocenters.